The first-order valence-electron chi connectivity index (χ1n) is 11.4. The van der Waals surface area contributed by atoms with Gasteiger partial charge in [-0.1, -0.05) is 36.4 Å². The highest BCUT2D eigenvalue weighted by molar-refractivity contribution is 5.89. The van der Waals surface area contributed by atoms with Crippen LogP contribution in [-0.4, -0.2) is 40.5 Å². The molecular weight excluding hydrogens is 442 g/mol. The van der Waals surface area contributed by atoms with Crippen molar-refractivity contribution in [2.24, 2.45) is 0 Å². The molecule has 3 heterocycles. The number of nitrogens with one attached hydrogen (secondary N) is 4. The minimum absolute atomic E-state index is 0.00594. The maximum absolute atomic E-state index is 14.7. The van der Waals surface area contributed by atoms with Gasteiger partial charge in [-0.2, -0.15) is 9.93 Å². The van der Waals surface area contributed by atoms with Crippen LogP contribution < -0.4 is 21.7 Å². The lowest BCUT2D eigenvalue weighted by Gasteiger charge is -2.27. The third kappa shape index (κ3) is 4.72. The van der Waals surface area contributed by atoms with E-state index in [0.29, 0.717) is 22.5 Å². The Balaban J connectivity index is 1.37. The Hall–Kier alpha value is -3.53. The van der Waals surface area contributed by atoms with Crippen molar-refractivity contribution < 1.29 is 18.4 Å². The summed E-state index contributed by atoms with van der Waals surface area (Å²) in [5, 5.41) is 2.90. The number of hydrazine groups is 2. The Morgan fingerprint density at radius 3 is 2.65 bits per heavy atom. The molecular formula is C24H26F2N6O2. The number of aromatic nitrogens is 1. The Morgan fingerprint density at radius 2 is 1.97 bits per heavy atom. The third-order valence-electron chi connectivity index (χ3n) is 6.39. The van der Waals surface area contributed by atoms with Crippen LogP contribution in [0.25, 0.3) is 0 Å². The molecule has 1 saturated carbocycles. The number of halogens is 2. The summed E-state index contributed by atoms with van der Waals surface area (Å²) < 4.78 is 29.0. The Bertz CT molecular complexity index is 1110. The van der Waals surface area contributed by atoms with Crippen LogP contribution in [0.1, 0.15) is 54.5 Å². The van der Waals surface area contributed by atoms with Crippen molar-refractivity contribution in [1.29, 1.82) is 0 Å². The highest BCUT2D eigenvalue weighted by Gasteiger charge is 2.41. The van der Waals surface area contributed by atoms with Gasteiger partial charge in [0.2, 0.25) is 17.8 Å². The summed E-state index contributed by atoms with van der Waals surface area (Å²) >= 11 is 0. The SMILES string of the molecule is O=C(N[C@@H](c1ccccc1)c1ccc(C2CC2)c(F)n1)[C@@H]1C[C@@H](F)CN1C(=O)CC1=CNNN1. The zero-order chi connectivity index (χ0) is 23.7. The van der Waals surface area contributed by atoms with Crippen LogP contribution in [0.2, 0.25) is 0 Å². The molecule has 0 unspecified atom stereocenters. The van der Waals surface area contributed by atoms with Crippen molar-refractivity contribution in [3.05, 3.63) is 77.1 Å². The number of amides is 2. The molecule has 3 aliphatic rings. The van der Waals surface area contributed by atoms with Crippen LogP contribution in [0, 0.1) is 5.95 Å². The molecule has 8 nitrogen and oxygen atoms in total. The Morgan fingerprint density at radius 1 is 1.18 bits per heavy atom. The largest absolute Gasteiger partial charge is 0.342 e. The van der Waals surface area contributed by atoms with Crippen LogP contribution in [-0.2, 0) is 9.59 Å². The normalized spacial score (nSPS) is 22.5. The maximum atomic E-state index is 14.7. The van der Waals surface area contributed by atoms with Gasteiger partial charge in [-0.05, 0) is 30.4 Å². The molecule has 178 valence electrons. The van der Waals surface area contributed by atoms with E-state index in [0.717, 1.165) is 12.8 Å². The highest BCUT2D eigenvalue weighted by Crippen LogP contribution is 2.41. The van der Waals surface area contributed by atoms with E-state index in [1.165, 1.54) is 4.90 Å². The van der Waals surface area contributed by atoms with E-state index in [1.54, 1.807) is 18.3 Å². The lowest BCUT2D eigenvalue weighted by Crippen LogP contribution is -2.47. The van der Waals surface area contributed by atoms with Crippen molar-refractivity contribution in [3.8, 4) is 0 Å². The van der Waals surface area contributed by atoms with E-state index in [4.69, 9.17) is 0 Å². The number of hydrogen-bond acceptors (Lipinski definition) is 6. The zero-order valence-corrected chi connectivity index (χ0v) is 18.4. The number of benzene rings is 1. The number of rotatable bonds is 7. The zero-order valence-electron chi connectivity index (χ0n) is 18.4. The molecule has 1 saturated heterocycles. The summed E-state index contributed by atoms with van der Waals surface area (Å²) in [7, 11) is 0. The fourth-order valence-corrected chi connectivity index (χ4v) is 4.47. The summed E-state index contributed by atoms with van der Waals surface area (Å²) in [5.74, 6) is -1.18. The molecule has 0 bridgehead atoms. The quantitative estimate of drug-likeness (QED) is 0.465. The number of nitrogens with zero attached hydrogens (tertiary/aromatic N) is 2. The second-order valence-electron chi connectivity index (χ2n) is 8.88. The fourth-order valence-electron chi connectivity index (χ4n) is 4.47. The van der Waals surface area contributed by atoms with Crippen molar-refractivity contribution in [3.63, 3.8) is 0 Å². The molecule has 2 amide bonds. The minimum Gasteiger partial charge on any atom is -0.342 e. The molecule has 2 fully saturated rings. The van der Waals surface area contributed by atoms with Gasteiger partial charge in [0, 0.05) is 18.2 Å². The standard InChI is InChI=1S/C24H26F2N6O2/c25-16-10-20(32(13-16)21(33)11-17-12-27-31-30-17)24(34)29-22(15-4-2-1-3-5-15)19-9-8-18(14-6-7-14)23(26)28-19/h1-5,8-9,12,14,16,20,22,27,30-31H,6-7,10-11,13H2,(H,29,34)/t16-,20+,22+/m1/s1. The predicted molar refractivity (Wildman–Crippen MR) is 120 cm³/mol. The second-order valence-corrected chi connectivity index (χ2v) is 8.88. The van der Waals surface area contributed by atoms with Crippen molar-refractivity contribution in [1.82, 2.24) is 31.6 Å². The maximum Gasteiger partial charge on any atom is 0.243 e. The van der Waals surface area contributed by atoms with Gasteiger partial charge in [0.05, 0.1) is 30.4 Å². The van der Waals surface area contributed by atoms with Crippen LogP contribution >= 0.6 is 0 Å². The van der Waals surface area contributed by atoms with Gasteiger partial charge < -0.3 is 21.1 Å². The predicted octanol–water partition coefficient (Wildman–Crippen LogP) is 2.09. The van der Waals surface area contributed by atoms with Crippen LogP contribution in [0.15, 0.2) is 54.4 Å². The topological polar surface area (TPSA) is 98.4 Å². The first-order valence-corrected chi connectivity index (χ1v) is 11.4. The molecule has 1 aliphatic carbocycles. The molecule has 1 aromatic carbocycles. The lowest BCUT2D eigenvalue weighted by molar-refractivity contribution is -0.138. The molecule has 2 aliphatic heterocycles. The molecule has 0 spiro atoms. The number of hydrogen-bond donors (Lipinski definition) is 4. The van der Waals surface area contributed by atoms with Gasteiger partial charge in [0.25, 0.3) is 0 Å². The van der Waals surface area contributed by atoms with E-state index in [-0.39, 0.29) is 31.2 Å². The lowest BCUT2D eigenvalue weighted by atomic mass is 10.0. The van der Waals surface area contributed by atoms with Gasteiger partial charge in [-0.15, -0.1) is 0 Å². The Kier molecular flexibility index (Phi) is 6.14. The van der Waals surface area contributed by atoms with Gasteiger partial charge in [0.15, 0.2) is 0 Å². The number of likely N-dealkylation sites (tertiary alicyclic amines) is 1. The van der Waals surface area contributed by atoms with E-state index in [2.05, 4.69) is 26.7 Å². The van der Waals surface area contributed by atoms with E-state index >= 15 is 0 Å². The fraction of sp³-hybridized carbons (Fsp3) is 0.375. The van der Waals surface area contributed by atoms with Crippen molar-refractivity contribution >= 4 is 11.8 Å². The number of alkyl halides is 1. The summed E-state index contributed by atoms with van der Waals surface area (Å²) in [5.41, 5.74) is 10.4. The number of carbonyl (C=O) groups is 2. The Labute approximate surface area is 195 Å². The van der Waals surface area contributed by atoms with Crippen LogP contribution in [0.3, 0.4) is 0 Å². The molecule has 1 aromatic heterocycles. The van der Waals surface area contributed by atoms with Gasteiger partial charge in [-0.3, -0.25) is 9.59 Å². The molecule has 34 heavy (non-hydrogen) atoms. The summed E-state index contributed by atoms with van der Waals surface area (Å²) in [4.78, 5) is 31.6. The third-order valence-corrected chi connectivity index (χ3v) is 6.39. The average Bonchev–Trinajstić information content (AvgIpc) is 3.40. The monoisotopic (exact) mass is 468 g/mol. The number of pyridine rings is 1. The first-order chi connectivity index (χ1) is 16.5. The highest BCUT2D eigenvalue weighted by atomic mass is 19.1. The van der Waals surface area contributed by atoms with E-state index < -0.39 is 30.1 Å². The molecule has 4 N–H and O–H groups in total. The second kappa shape index (κ2) is 9.38. The molecule has 2 aromatic rings. The van der Waals surface area contributed by atoms with Crippen LogP contribution in [0.4, 0.5) is 8.78 Å². The molecule has 3 atom stereocenters. The van der Waals surface area contributed by atoms with Crippen molar-refractivity contribution in [2.45, 2.75) is 49.9 Å². The molecule has 0 radical (unpaired) electrons. The van der Waals surface area contributed by atoms with E-state index in [1.807, 2.05) is 30.3 Å². The minimum atomic E-state index is -1.30. The van der Waals surface area contributed by atoms with Crippen LogP contribution in [0.5, 0.6) is 0 Å². The number of carbonyl (C=O) groups excluding carboxylic acids is 2. The van der Waals surface area contributed by atoms with Gasteiger partial charge in [-0.25, -0.2) is 9.37 Å². The summed E-state index contributed by atoms with van der Waals surface area (Å²) in [6, 6.07) is 10.8. The van der Waals surface area contributed by atoms with E-state index in [9.17, 15) is 18.4 Å². The summed E-state index contributed by atoms with van der Waals surface area (Å²) in [6.45, 7) is -0.149. The average molecular weight is 469 g/mol. The van der Waals surface area contributed by atoms with Gasteiger partial charge in [0.1, 0.15) is 12.2 Å². The molecule has 10 heteroatoms. The molecule has 5 rings (SSSR count). The smallest absolute Gasteiger partial charge is 0.243 e. The van der Waals surface area contributed by atoms with Gasteiger partial charge >= 0.3 is 0 Å². The summed E-state index contributed by atoms with van der Waals surface area (Å²) in [6.07, 6.45) is 2.09. The first kappa shape index (κ1) is 22.3. The van der Waals surface area contributed by atoms with Crippen molar-refractivity contribution in [2.75, 3.05) is 6.54 Å².